The molecule has 1 aromatic rings. The van der Waals surface area contributed by atoms with Crippen molar-refractivity contribution >= 4 is 15.7 Å². The summed E-state index contributed by atoms with van der Waals surface area (Å²) in [7, 11) is -3.39. The van der Waals surface area contributed by atoms with E-state index in [1.54, 1.807) is 12.1 Å². The van der Waals surface area contributed by atoms with Crippen molar-refractivity contribution in [3.8, 4) is 0 Å². The van der Waals surface area contributed by atoms with Crippen molar-refractivity contribution in [1.82, 2.24) is 4.72 Å². The second-order valence-electron chi connectivity index (χ2n) is 6.65. The highest BCUT2D eigenvalue weighted by atomic mass is 32.2. The second kappa shape index (κ2) is 5.61. The predicted octanol–water partition coefficient (Wildman–Crippen LogP) is 2.97. The Morgan fingerprint density at radius 3 is 1.95 bits per heavy atom. The predicted molar refractivity (Wildman–Crippen MR) is 84.8 cm³/mol. The van der Waals surface area contributed by atoms with E-state index in [2.05, 4.69) is 10.0 Å². The Hall–Kier alpha value is -1.07. The van der Waals surface area contributed by atoms with E-state index in [1.807, 2.05) is 26.0 Å². The average Bonchev–Trinajstić information content (AvgIpc) is 3.26. The molecule has 2 fully saturated rings. The Morgan fingerprint density at radius 1 is 1.00 bits per heavy atom. The van der Waals surface area contributed by atoms with Gasteiger partial charge in [0.25, 0.3) is 0 Å². The number of nitrogens with one attached hydrogen (secondary N) is 2. The zero-order chi connectivity index (χ0) is 15.0. The normalized spacial score (nSPS) is 19.2. The first kappa shape index (κ1) is 14.9. The summed E-state index contributed by atoms with van der Waals surface area (Å²) in [4.78, 5) is 0.330. The second-order valence-corrected chi connectivity index (χ2v) is 8.36. The van der Waals surface area contributed by atoms with Crippen LogP contribution in [0.5, 0.6) is 0 Å². The van der Waals surface area contributed by atoms with Crippen molar-refractivity contribution in [3.63, 3.8) is 0 Å². The quantitative estimate of drug-likeness (QED) is 0.814. The lowest BCUT2D eigenvalue weighted by Gasteiger charge is -2.19. The third kappa shape index (κ3) is 3.77. The summed E-state index contributed by atoms with van der Waals surface area (Å²) < 4.78 is 26.8. The fourth-order valence-electron chi connectivity index (χ4n) is 2.83. The number of hydrogen-bond acceptors (Lipinski definition) is 3. The standard InChI is InChI=1S/C16H24N2O2S/c1-11(2)18-21(19,20)15-9-7-14(8-10-15)17-16(12-3-4-12)13-5-6-13/h7-13,16-18H,3-6H2,1-2H3. The van der Waals surface area contributed by atoms with Crippen LogP contribution in [0.25, 0.3) is 0 Å². The van der Waals surface area contributed by atoms with Gasteiger partial charge in [0.2, 0.25) is 10.0 Å². The van der Waals surface area contributed by atoms with Crippen molar-refractivity contribution in [2.45, 2.75) is 56.5 Å². The van der Waals surface area contributed by atoms with Crippen LogP contribution in [0.4, 0.5) is 5.69 Å². The fourth-order valence-corrected chi connectivity index (χ4v) is 4.08. The molecule has 2 saturated carbocycles. The minimum absolute atomic E-state index is 0.0954. The van der Waals surface area contributed by atoms with E-state index in [-0.39, 0.29) is 6.04 Å². The van der Waals surface area contributed by atoms with Crippen LogP contribution in [0, 0.1) is 11.8 Å². The highest BCUT2D eigenvalue weighted by Crippen LogP contribution is 2.45. The van der Waals surface area contributed by atoms with Gasteiger partial charge < -0.3 is 5.32 Å². The molecule has 116 valence electrons. The Kier molecular flexibility index (Phi) is 3.97. The summed E-state index contributed by atoms with van der Waals surface area (Å²) in [5, 5.41) is 3.61. The van der Waals surface area contributed by atoms with Gasteiger partial charge in [0.15, 0.2) is 0 Å². The van der Waals surface area contributed by atoms with Gasteiger partial charge in [0, 0.05) is 17.8 Å². The van der Waals surface area contributed by atoms with Gasteiger partial charge in [-0.25, -0.2) is 13.1 Å². The van der Waals surface area contributed by atoms with Crippen molar-refractivity contribution in [1.29, 1.82) is 0 Å². The van der Waals surface area contributed by atoms with Gasteiger partial charge in [-0.2, -0.15) is 0 Å². The van der Waals surface area contributed by atoms with Crippen LogP contribution in [0.2, 0.25) is 0 Å². The monoisotopic (exact) mass is 308 g/mol. The molecule has 0 saturated heterocycles. The smallest absolute Gasteiger partial charge is 0.240 e. The van der Waals surface area contributed by atoms with Crippen LogP contribution in [0.1, 0.15) is 39.5 Å². The molecule has 2 N–H and O–H groups in total. The van der Waals surface area contributed by atoms with Crippen LogP contribution in [-0.4, -0.2) is 20.5 Å². The zero-order valence-electron chi connectivity index (χ0n) is 12.7. The molecule has 21 heavy (non-hydrogen) atoms. The molecule has 0 amide bonds. The molecule has 0 aliphatic heterocycles. The minimum Gasteiger partial charge on any atom is -0.382 e. The van der Waals surface area contributed by atoms with Gasteiger partial charge in [-0.1, -0.05) is 0 Å². The van der Waals surface area contributed by atoms with E-state index in [4.69, 9.17) is 0 Å². The molecule has 3 rings (SSSR count). The molecule has 0 atom stereocenters. The van der Waals surface area contributed by atoms with Crippen LogP contribution in [0.15, 0.2) is 29.2 Å². The van der Waals surface area contributed by atoms with Crippen LogP contribution in [-0.2, 0) is 10.0 Å². The molecule has 0 aromatic heterocycles. The third-order valence-corrected chi connectivity index (χ3v) is 5.82. The van der Waals surface area contributed by atoms with E-state index >= 15 is 0 Å². The van der Waals surface area contributed by atoms with Crippen molar-refractivity contribution in [2.75, 3.05) is 5.32 Å². The molecule has 0 heterocycles. The number of sulfonamides is 1. The molecule has 0 radical (unpaired) electrons. The van der Waals surface area contributed by atoms with E-state index < -0.39 is 10.0 Å². The SMILES string of the molecule is CC(C)NS(=O)(=O)c1ccc(NC(C2CC2)C2CC2)cc1. The summed E-state index contributed by atoms with van der Waals surface area (Å²) in [6.07, 6.45) is 5.33. The number of rotatable bonds is 7. The molecule has 0 bridgehead atoms. The molecular formula is C16H24N2O2S. The van der Waals surface area contributed by atoms with Crippen molar-refractivity contribution in [2.24, 2.45) is 11.8 Å². The highest BCUT2D eigenvalue weighted by Gasteiger charge is 2.41. The zero-order valence-corrected chi connectivity index (χ0v) is 13.5. The van der Waals surface area contributed by atoms with Gasteiger partial charge in [0.1, 0.15) is 0 Å². The number of hydrogen-bond donors (Lipinski definition) is 2. The topological polar surface area (TPSA) is 58.2 Å². The number of anilines is 1. The Morgan fingerprint density at radius 2 is 1.52 bits per heavy atom. The van der Waals surface area contributed by atoms with Gasteiger partial charge in [-0.15, -0.1) is 0 Å². The van der Waals surface area contributed by atoms with E-state index in [0.717, 1.165) is 17.5 Å². The largest absolute Gasteiger partial charge is 0.382 e. The van der Waals surface area contributed by atoms with Crippen molar-refractivity contribution in [3.05, 3.63) is 24.3 Å². The maximum Gasteiger partial charge on any atom is 0.240 e. The molecule has 5 heteroatoms. The average molecular weight is 308 g/mol. The Balaban J connectivity index is 1.68. The summed E-state index contributed by atoms with van der Waals surface area (Å²) in [5.41, 5.74) is 1.03. The molecule has 1 aromatic carbocycles. The summed E-state index contributed by atoms with van der Waals surface area (Å²) >= 11 is 0. The summed E-state index contributed by atoms with van der Waals surface area (Å²) in [6, 6.07) is 7.62. The van der Waals surface area contributed by atoms with Gasteiger partial charge in [0.05, 0.1) is 4.90 Å². The maximum atomic E-state index is 12.1. The van der Waals surface area contributed by atoms with Gasteiger partial charge in [-0.3, -0.25) is 0 Å². The number of benzene rings is 1. The lowest BCUT2D eigenvalue weighted by Crippen LogP contribution is -2.30. The van der Waals surface area contributed by atoms with Crippen LogP contribution < -0.4 is 10.0 Å². The first-order valence-electron chi connectivity index (χ1n) is 7.84. The van der Waals surface area contributed by atoms with Crippen LogP contribution >= 0.6 is 0 Å². The fraction of sp³-hybridized carbons (Fsp3) is 0.625. The van der Waals surface area contributed by atoms with Crippen LogP contribution in [0.3, 0.4) is 0 Å². The van der Waals surface area contributed by atoms with E-state index in [0.29, 0.717) is 10.9 Å². The molecule has 4 nitrogen and oxygen atoms in total. The molecule has 0 unspecified atom stereocenters. The molecule has 0 spiro atoms. The molecule has 2 aliphatic carbocycles. The molecule has 2 aliphatic rings. The maximum absolute atomic E-state index is 12.1. The Labute approximate surface area is 127 Å². The minimum atomic E-state index is -3.39. The van der Waals surface area contributed by atoms with E-state index in [9.17, 15) is 8.42 Å². The lowest BCUT2D eigenvalue weighted by atomic mass is 10.1. The third-order valence-electron chi connectivity index (χ3n) is 4.15. The highest BCUT2D eigenvalue weighted by molar-refractivity contribution is 7.89. The lowest BCUT2D eigenvalue weighted by molar-refractivity contribution is 0.567. The summed E-state index contributed by atoms with van der Waals surface area (Å²) in [5.74, 6) is 1.65. The van der Waals surface area contributed by atoms with E-state index in [1.165, 1.54) is 25.7 Å². The summed E-state index contributed by atoms with van der Waals surface area (Å²) in [6.45, 7) is 3.65. The molecular weight excluding hydrogens is 284 g/mol. The van der Waals surface area contributed by atoms with Gasteiger partial charge in [-0.05, 0) is 75.6 Å². The Bertz CT molecular complexity index is 575. The van der Waals surface area contributed by atoms with Gasteiger partial charge >= 0.3 is 0 Å². The van der Waals surface area contributed by atoms with Crippen molar-refractivity contribution < 1.29 is 8.42 Å². The first-order valence-corrected chi connectivity index (χ1v) is 9.33. The first-order chi connectivity index (χ1) is 9.95.